The summed E-state index contributed by atoms with van der Waals surface area (Å²) in [4.78, 5) is 23.1. The van der Waals surface area contributed by atoms with Crippen molar-refractivity contribution in [1.82, 2.24) is 5.32 Å². The number of benzene rings is 3. The first-order valence-corrected chi connectivity index (χ1v) is 8.82. The minimum absolute atomic E-state index is 0.0675. The van der Waals surface area contributed by atoms with E-state index in [2.05, 4.69) is 5.32 Å². The van der Waals surface area contributed by atoms with E-state index < -0.39 is 10.8 Å². The standard InChI is InChI=1S/C22H20N2O4/c1-16-6-5-9-20(21(16)24(26)27)22(25)23-14-17-10-12-18(13-11-17)15-28-19-7-3-2-4-8-19/h2-13H,14-15H2,1H3,(H,23,25). The topological polar surface area (TPSA) is 81.5 Å². The summed E-state index contributed by atoms with van der Waals surface area (Å²) in [5.74, 6) is 0.338. The number of carbonyl (C=O) groups is 1. The highest BCUT2D eigenvalue weighted by atomic mass is 16.6. The van der Waals surface area contributed by atoms with E-state index in [1.165, 1.54) is 6.07 Å². The molecule has 3 aromatic rings. The molecule has 0 aromatic heterocycles. The third kappa shape index (κ3) is 4.73. The zero-order chi connectivity index (χ0) is 19.9. The predicted octanol–water partition coefficient (Wildman–Crippen LogP) is 4.41. The molecule has 28 heavy (non-hydrogen) atoms. The van der Waals surface area contributed by atoms with Crippen molar-refractivity contribution in [2.75, 3.05) is 0 Å². The minimum atomic E-state index is -0.522. The number of aryl methyl sites for hydroxylation is 1. The van der Waals surface area contributed by atoms with Crippen molar-refractivity contribution in [3.05, 3.63) is 105 Å². The zero-order valence-corrected chi connectivity index (χ0v) is 15.4. The van der Waals surface area contributed by atoms with Crippen molar-refractivity contribution in [2.45, 2.75) is 20.1 Å². The number of carbonyl (C=O) groups excluding carboxylic acids is 1. The van der Waals surface area contributed by atoms with Crippen LogP contribution in [0.1, 0.15) is 27.0 Å². The van der Waals surface area contributed by atoms with Gasteiger partial charge in [0, 0.05) is 12.1 Å². The molecule has 0 aliphatic carbocycles. The number of nitrogens with zero attached hydrogens (tertiary/aromatic N) is 1. The molecule has 0 aliphatic rings. The molecule has 0 unspecified atom stereocenters. The fourth-order valence-electron chi connectivity index (χ4n) is 2.80. The first-order valence-electron chi connectivity index (χ1n) is 8.82. The summed E-state index contributed by atoms with van der Waals surface area (Å²) in [7, 11) is 0. The average Bonchev–Trinajstić information content (AvgIpc) is 2.71. The first-order chi connectivity index (χ1) is 13.5. The second-order valence-electron chi connectivity index (χ2n) is 6.33. The van der Waals surface area contributed by atoms with E-state index in [0.717, 1.165) is 16.9 Å². The number of hydrogen-bond acceptors (Lipinski definition) is 4. The fourth-order valence-corrected chi connectivity index (χ4v) is 2.80. The summed E-state index contributed by atoms with van der Waals surface area (Å²) in [6, 6.07) is 21.9. The lowest BCUT2D eigenvalue weighted by molar-refractivity contribution is -0.385. The van der Waals surface area contributed by atoms with Gasteiger partial charge in [-0.15, -0.1) is 0 Å². The van der Waals surface area contributed by atoms with E-state index in [9.17, 15) is 14.9 Å². The molecule has 0 spiro atoms. The molecule has 1 N–H and O–H groups in total. The molecular formula is C22H20N2O4. The molecule has 6 heteroatoms. The quantitative estimate of drug-likeness (QED) is 0.489. The highest BCUT2D eigenvalue weighted by Gasteiger charge is 2.21. The van der Waals surface area contributed by atoms with Crippen LogP contribution in [0.15, 0.2) is 72.8 Å². The SMILES string of the molecule is Cc1cccc(C(=O)NCc2ccc(COc3ccccc3)cc2)c1[N+](=O)[O-]. The first kappa shape index (κ1) is 19.1. The number of hydrogen-bond donors (Lipinski definition) is 1. The highest BCUT2D eigenvalue weighted by Crippen LogP contribution is 2.23. The lowest BCUT2D eigenvalue weighted by Gasteiger charge is -2.09. The van der Waals surface area contributed by atoms with Crippen molar-refractivity contribution in [3.8, 4) is 5.75 Å². The van der Waals surface area contributed by atoms with Crippen LogP contribution >= 0.6 is 0 Å². The monoisotopic (exact) mass is 376 g/mol. The van der Waals surface area contributed by atoms with Gasteiger partial charge in [0.25, 0.3) is 11.6 Å². The Bertz CT molecular complexity index is 970. The van der Waals surface area contributed by atoms with Gasteiger partial charge in [-0.2, -0.15) is 0 Å². The van der Waals surface area contributed by atoms with Crippen molar-refractivity contribution < 1.29 is 14.5 Å². The Hall–Kier alpha value is -3.67. The van der Waals surface area contributed by atoms with Gasteiger partial charge in [0.2, 0.25) is 0 Å². The summed E-state index contributed by atoms with van der Waals surface area (Å²) < 4.78 is 5.70. The van der Waals surface area contributed by atoms with Gasteiger partial charge in [-0.3, -0.25) is 14.9 Å². The van der Waals surface area contributed by atoms with Crippen LogP contribution in [0, 0.1) is 17.0 Å². The van der Waals surface area contributed by atoms with Crippen LogP contribution in [-0.2, 0) is 13.2 Å². The van der Waals surface area contributed by atoms with Gasteiger partial charge in [-0.25, -0.2) is 0 Å². The van der Waals surface area contributed by atoms with Crippen LogP contribution < -0.4 is 10.1 Å². The second kappa shape index (κ2) is 8.81. The Morgan fingerprint density at radius 2 is 1.64 bits per heavy atom. The molecule has 0 aliphatic heterocycles. The van der Waals surface area contributed by atoms with E-state index in [4.69, 9.17) is 4.74 Å². The van der Waals surface area contributed by atoms with Gasteiger partial charge in [0.05, 0.1) is 4.92 Å². The molecule has 0 atom stereocenters. The molecule has 142 valence electrons. The van der Waals surface area contributed by atoms with Crippen molar-refractivity contribution in [3.63, 3.8) is 0 Å². The maximum absolute atomic E-state index is 12.4. The van der Waals surface area contributed by atoms with E-state index in [1.54, 1.807) is 19.1 Å². The van der Waals surface area contributed by atoms with Crippen LogP contribution in [0.25, 0.3) is 0 Å². The Morgan fingerprint density at radius 1 is 0.964 bits per heavy atom. The van der Waals surface area contributed by atoms with Gasteiger partial charge in [-0.1, -0.05) is 54.6 Å². The molecule has 3 aromatic carbocycles. The normalized spacial score (nSPS) is 10.3. The van der Waals surface area contributed by atoms with Gasteiger partial charge in [0.1, 0.15) is 17.9 Å². The second-order valence-corrected chi connectivity index (χ2v) is 6.33. The summed E-state index contributed by atoms with van der Waals surface area (Å²) in [5, 5.41) is 14.0. The largest absolute Gasteiger partial charge is 0.489 e. The summed E-state index contributed by atoms with van der Waals surface area (Å²) in [6.07, 6.45) is 0. The van der Waals surface area contributed by atoms with Crippen LogP contribution in [0.4, 0.5) is 5.69 Å². The molecular weight excluding hydrogens is 356 g/mol. The highest BCUT2D eigenvalue weighted by molar-refractivity contribution is 5.98. The minimum Gasteiger partial charge on any atom is -0.489 e. The number of rotatable bonds is 7. The maximum Gasteiger partial charge on any atom is 0.285 e. The van der Waals surface area contributed by atoms with Crippen LogP contribution in [0.2, 0.25) is 0 Å². The van der Waals surface area contributed by atoms with Crippen molar-refractivity contribution >= 4 is 11.6 Å². The lowest BCUT2D eigenvalue weighted by atomic mass is 10.1. The van der Waals surface area contributed by atoms with Crippen LogP contribution in [-0.4, -0.2) is 10.8 Å². The Labute approximate surface area is 162 Å². The number of amides is 1. The van der Waals surface area contributed by atoms with E-state index in [0.29, 0.717) is 12.2 Å². The maximum atomic E-state index is 12.4. The molecule has 0 saturated carbocycles. The number of nitro benzene ring substituents is 1. The van der Waals surface area contributed by atoms with Crippen LogP contribution in [0.3, 0.4) is 0 Å². The summed E-state index contributed by atoms with van der Waals surface area (Å²) >= 11 is 0. The number of ether oxygens (including phenoxy) is 1. The number of nitro groups is 1. The smallest absolute Gasteiger partial charge is 0.285 e. The Kier molecular flexibility index (Phi) is 6.01. The molecule has 3 rings (SSSR count). The zero-order valence-electron chi connectivity index (χ0n) is 15.4. The van der Waals surface area contributed by atoms with Crippen LogP contribution in [0.5, 0.6) is 5.75 Å². The Morgan fingerprint density at radius 3 is 2.32 bits per heavy atom. The van der Waals surface area contributed by atoms with Gasteiger partial charge >= 0.3 is 0 Å². The summed E-state index contributed by atoms with van der Waals surface area (Å²) in [5.41, 5.74) is 2.27. The van der Waals surface area contributed by atoms with E-state index in [1.807, 2.05) is 54.6 Å². The van der Waals surface area contributed by atoms with Gasteiger partial charge in [-0.05, 0) is 36.2 Å². The summed E-state index contributed by atoms with van der Waals surface area (Å²) in [6.45, 7) is 2.35. The van der Waals surface area contributed by atoms with E-state index >= 15 is 0 Å². The van der Waals surface area contributed by atoms with Crippen molar-refractivity contribution in [1.29, 1.82) is 0 Å². The molecule has 1 amide bonds. The number of nitrogens with one attached hydrogen (secondary N) is 1. The average molecular weight is 376 g/mol. The molecule has 0 bridgehead atoms. The molecule has 0 heterocycles. The number of para-hydroxylation sites is 2. The molecule has 0 saturated heterocycles. The third-order valence-electron chi connectivity index (χ3n) is 4.29. The van der Waals surface area contributed by atoms with Gasteiger partial charge < -0.3 is 10.1 Å². The molecule has 0 radical (unpaired) electrons. The molecule has 0 fully saturated rings. The van der Waals surface area contributed by atoms with Gasteiger partial charge in [0.15, 0.2) is 0 Å². The van der Waals surface area contributed by atoms with Crippen molar-refractivity contribution in [2.24, 2.45) is 0 Å². The molecule has 6 nitrogen and oxygen atoms in total. The third-order valence-corrected chi connectivity index (χ3v) is 4.29. The lowest BCUT2D eigenvalue weighted by Crippen LogP contribution is -2.24. The Balaban J connectivity index is 1.59. The predicted molar refractivity (Wildman–Crippen MR) is 106 cm³/mol. The fraction of sp³-hybridized carbons (Fsp3) is 0.136. The van der Waals surface area contributed by atoms with E-state index in [-0.39, 0.29) is 17.8 Å².